The molecule has 0 radical (unpaired) electrons. The van der Waals surface area contributed by atoms with E-state index < -0.39 is 82.9 Å². The third-order valence-electron chi connectivity index (χ3n) is 9.12. The van der Waals surface area contributed by atoms with Crippen LogP contribution in [0.15, 0.2) is 43.0 Å². The van der Waals surface area contributed by atoms with Crippen molar-refractivity contribution in [1.29, 1.82) is 5.26 Å². The number of aromatic nitrogens is 4. The Kier molecular flexibility index (Phi) is 17.9. The highest BCUT2D eigenvalue weighted by molar-refractivity contribution is 7.53. The fourth-order valence-electron chi connectivity index (χ4n) is 6.04. The highest BCUT2D eigenvalue weighted by atomic mass is 31.2. The molecule has 336 valence electrons. The zero-order valence-corrected chi connectivity index (χ0v) is 38.5. The number of rotatable bonds is 21. The van der Waals surface area contributed by atoms with Crippen molar-refractivity contribution in [3.8, 4) is 6.07 Å². The van der Waals surface area contributed by atoms with Gasteiger partial charge in [0.2, 0.25) is 13.6 Å². The molecule has 4 rings (SSSR count). The summed E-state index contributed by atoms with van der Waals surface area (Å²) in [5.41, 5.74) is -0.729. The number of hydrogen-bond acceptors (Lipinski definition) is 17. The van der Waals surface area contributed by atoms with Gasteiger partial charge in [-0.15, -0.1) is 0 Å². The van der Waals surface area contributed by atoms with E-state index in [-0.39, 0.29) is 49.0 Å². The van der Waals surface area contributed by atoms with Crippen LogP contribution < -0.4 is 5.32 Å². The van der Waals surface area contributed by atoms with Crippen LogP contribution in [-0.2, 0) is 51.2 Å². The Morgan fingerprint density at radius 2 is 1.56 bits per heavy atom. The number of ether oxygens (including phenoxy) is 4. The second-order valence-corrected chi connectivity index (χ2v) is 20.3. The van der Waals surface area contributed by atoms with Gasteiger partial charge in [-0.05, 0) is 87.8 Å². The molecule has 2 aromatic heterocycles. The second kappa shape index (κ2) is 21.9. The lowest BCUT2D eigenvalue weighted by Gasteiger charge is -2.38. The molecule has 1 N–H and O–H groups in total. The summed E-state index contributed by atoms with van der Waals surface area (Å²) in [5.74, 6) is -1.42. The van der Waals surface area contributed by atoms with Gasteiger partial charge in [0.15, 0.2) is 23.2 Å². The molecule has 0 bridgehead atoms. The summed E-state index contributed by atoms with van der Waals surface area (Å²) in [5, 5.41) is 12.1. The number of anilines is 1. The van der Waals surface area contributed by atoms with E-state index in [1.165, 1.54) is 19.8 Å². The molecule has 61 heavy (non-hydrogen) atoms. The van der Waals surface area contributed by atoms with Gasteiger partial charge in [0, 0.05) is 24.8 Å². The first-order chi connectivity index (χ1) is 28.7. The van der Waals surface area contributed by atoms with E-state index >= 15 is 0 Å². The van der Waals surface area contributed by atoms with E-state index in [9.17, 15) is 24.2 Å². The number of nitrogens with one attached hydrogen (secondary N) is 1. The van der Waals surface area contributed by atoms with Crippen LogP contribution >= 0.6 is 16.1 Å². The molecule has 1 aliphatic rings. The van der Waals surface area contributed by atoms with E-state index in [0.29, 0.717) is 11.2 Å². The average Bonchev–Trinajstić information content (AvgIpc) is 3.77. The van der Waals surface area contributed by atoms with E-state index in [2.05, 4.69) is 31.0 Å². The number of nitrogens with zero attached hydrogens (tertiary/aromatic N) is 6. The van der Waals surface area contributed by atoms with Gasteiger partial charge in [-0.3, -0.25) is 32.6 Å². The number of hydrogen-bond donors (Lipinski definition) is 1. The van der Waals surface area contributed by atoms with Gasteiger partial charge in [0.25, 0.3) is 14.4 Å². The van der Waals surface area contributed by atoms with Gasteiger partial charge in [0.1, 0.15) is 18.5 Å². The molecule has 1 unspecified atom stereocenters. The Bertz CT molecular complexity index is 1970. The lowest BCUT2D eigenvalue weighted by molar-refractivity contribution is -0.162. The molecule has 3 aromatic rings. The van der Waals surface area contributed by atoms with Crippen molar-refractivity contribution < 1.29 is 56.0 Å². The molecule has 1 amide bonds. The Balaban J connectivity index is 1.71. The summed E-state index contributed by atoms with van der Waals surface area (Å²) in [4.78, 5) is 51.5. The monoisotopic (exact) mass is 891 g/mol. The summed E-state index contributed by atoms with van der Waals surface area (Å²) >= 11 is 0. The summed E-state index contributed by atoms with van der Waals surface area (Å²) < 4.78 is 65.9. The number of carbonyl (C=O) groups excluding carboxylic acids is 3. The first-order valence-corrected chi connectivity index (χ1v) is 22.8. The number of nitriles is 1. The zero-order chi connectivity index (χ0) is 45.1. The van der Waals surface area contributed by atoms with Crippen LogP contribution in [0.1, 0.15) is 98.7 Å². The highest BCUT2D eigenvalue weighted by Crippen LogP contribution is 2.53. The molecule has 0 spiro atoms. The van der Waals surface area contributed by atoms with E-state index in [1.54, 1.807) is 76.4 Å². The average molecular weight is 892 g/mol. The molecule has 0 aliphatic carbocycles. The largest absolute Gasteiger partial charge is 0.438 e. The van der Waals surface area contributed by atoms with Gasteiger partial charge >= 0.3 is 19.5 Å². The molecule has 3 heterocycles. The highest BCUT2D eigenvalue weighted by Gasteiger charge is 2.50. The standard InChI is InChI=1S/C40H59N7O12P2/c1-26(2)47(27(3)4)60(55-20-15-19-41)59-31-29(18-21-61(51,56-24-53-37(49)39(5,6)7)57-25-54-38(50)40(8,9)10)58-36(32(31)52-11)46-23-44-30-33(42-22-43-34(30)46)45-35(48)28-16-13-12-14-17-28/h12-14,16-17,22-23,26-27,29,31-32,36H,15,18,20-21,24-25H2,1-11H3,(H,42,43,45,48)/t29-,31-,32-,36-,60?/m1/s1. The summed E-state index contributed by atoms with van der Waals surface area (Å²) in [6, 6.07) is 10.7. The normalized spacial score (nSPS) is 19.0. The molecule has 1 fully saturated rings. The summed E-state index contributed by atoms with van der Waals surface area (Å²) in [7, 11) is -4.56. The maximum Gasteiger partial charge on any atom is 0.336 e. The number of fused-ring (bicyclic) bond motifs is 1. The minimum atomic E-state index is -4.20. The van der Waals surface area contributed by atoms with E-state index in [4.69, 9.17) is 37.0 Å². The number of amides is 1. The maximum atomic E-state index is 14.4. The third kappa shape index (κ3) is 13.5. The zero-order valence-electron chi connectivity index (χ0n) is 36.7. The maximum absolute atomic E-state index is 14.4. The predicted octanol–water partition coefficient (Wildman–Crippen LogP) is 7.36. The molecular weight excluding hydrogens is 832 g/mol. The number of esters is 2. The predicted molar refractivity (Wildman–Crippen MR) is 225 cm³/mol. The van der Waals surface area contributed by atoms with Crippen LogP contribution in [0.2, 0.25) is 0 Å². The quantitative estimate of drug-likeness (QED) is 0.0477. The van der Waals surface area contributed by atoms with Crippen molar-refractivity contribution in [2.75, 3.05) is 38.8 Å². The second-order valence-electron chi connectivity index (χ2n) is 16.7. The van der Waals surface area contributed by atoms with Gasteiger partial charge < -0.3 is 33.3 Å². The first-order valence-electron chi connectivity index (χ1n) is 19.9. The summed E-state index contributed by atoms with van der Waals surface area (Å²) in [6.07, 6.45) is -1.09. The van der Waals surface area contributed by atoms with Gasteiger partial charge in [-0.25, -0.2) is 19.6 Å². The minimum Gasteiger partial charge on any atom is -0.438 e. The van der Waals surface area contributed by atoms with Crippen molar-refractivity contribution in [2.45, 2.75) is 119 Å². The number of benzene rings is 1. The Labute approximate surface area is 358 Å². The van der Waals surface area contributed by atoms with Crippen LogP contribution in [0.25, 0.3) is 11.2 Å². The number of methoxy groups -OCH3 is 1. The topological polar surface area (TPSA) is 225 Å². The van der Waals surface area contributed by atoms with Gasteiger partial charge in [0.05, 0.1) is 48.5 Å². The van der Waals surface area contributed by atoms with Crippen molar-refractivity contribution in [3.63, 3.8) is 0 Å². The molecule has 21 heteroatoms. The minimum absolute atomic E-state index is 0.0382. The summed E-state index contributed by atoms with van der Waals surface area (Å²) in [6.45, 7) is 16.7. The third-order valence-corrected chi connectivity index (χ3v) is 13.1. The van der Waals surface area contributed by atoms with Crippen molar-refractivity contribution in [3.05, 3.63) is 48.5 Å². The molecule has 5 atom stereocenters. The van der Waals surface area contributed by atoms with E-state index in [0.717, 1.165) is 0 Å². The van der Waals surface area contributed by atoms with Crippen LogP contribution in [0.5, 0.6) is 0 Å². The van der Waals surface area contributed by atoms with Gasteiger partial charge in [-0.2, -0.15) is 5.26 Å². The Morgan fingerprint density at radius 1 is 0.951 bits per heavy atom. The molecule has 1 saturated heterocycles. The van der Waals surface area contributed by atoms with Crippen molar-refractivity contribution in [1.82, 2.24) is 24.2 Å². The van der Waals surface area contributed by atoms with Gasteiger partial charge in [-0.1, -0.05) is 18.2 Å². The molecule has 1 aliphatic heterocycles. The molecular formula is C40H59N7O12P2. The fourth-order valence-corrected chi connectivity index (χ4v) is 9.14. The Morgan fingerprint density at radius 3 is 2.10 bits per heavy atom. The first kappa shape index (κ1) is 49.7. The lowest BCUT2D eigenvalue weighted by Crippen LogP contribution is -2.40. The van der Waals surface area contributed by atoms with Crippen LogP contribution in [-0.4, -0.2) is 106 Å². The van der Waals surface area contributed by atoms with Crippen LogP contribution in [0, 0.1) is 22.2 Å². The number of carbonyl (C=O) groups is 3. The molecule has 1 aromatic carbocycles. The van der Waals surface area contributed by atoms with Crippen molar-refractivity contribution >= 4 is 50.9 Å². The SMILES string of the molecule is CO[C@@H]1[C@H](OP(OCCC#N)N(C(C)C)C(C)C)[C@@H](CCP(=O)(OCOC(=O)C(C)(C)C)OCOC(=O)C(C)(C)C)O[C@H]1n1cnc2c(NC(=O)c3ccccc3)ncnc21. The van der Waals surface area contributed by atoms with Crippen LogP contribution in [0.4, 0.5) is 5.82 Å². The van der Waals surface area contributed by atoms with Crippen molar-refractivity contribution in [2.24, 2.45) is 10.8 Å². The molecule has 0 saturated carbocycles. The smallest absolute Gasteiger partial charge is 0.336 e. The lowest BCUT2D eigenvalue weighted by atomic mass is 9.98. The van der Waals surface area contributed by atoms with Crippen LogP contribution in [0.3, 0.4) is 0 Å². The van der Waals surface area contributed by atoms with E-state index in [1.807, 2.05) is 27.7 Å². The molecule has 19 nitrogen and oxygen atoms in total. The number of imidazole rings is 1. The Hall–Kier alpha value is -3.95. The fraction of sp³-hybridized carbons (Fsp3) is 0.625.